The van der Waals surface area contributed by atoms with Gasteiger partial charge in [-0.25, -0.2) is 0 Å². The van der Waals surface area contributed by atoms with Crippen molar-refractivity contribution >= 4 is 21.6 Å². The van der Waals surface area contributed by atoms with Crippen LogP contribution < -0.4 is 0 Å². The monoisotopic (exact) mass is 179 g/mol. The predicted molar refractivity (Wildman–Crippen MR) is 54.9 cm³/mol. The predicted octanol–water partition coefficient (Wildman–Crippen LogP) is 3.53. The molecule has 64 valence electrons. The van der Waals surface area contributed by atoms with Crippen molar-refractivity contribution in [3.05, 3.63) is 23.2 Å². The smallest absolute Gasteiger partial charge is 0.0999 e. The molecule has 2 heterocycles. The van der Waals surface area contributed by atoms with E-state index in [4.69, 9.17) is 0 Å². The van der Waals surface area contributed by atoms with E-state index in [1.807, 2.05) is 0 Å². The fourth-order valence-electron chi connectivity index (χ4n) is 1.47. The van der Waals surface area contributed by atoms with E-state index in [-0.39, 0.29) is 5.41 Å². The molecule has 2 aromatic heterocycles. The second-order valence-corrected chi connectivity index (χ2v) is 5.03. The molecular formula is C10H13NS. The van der Waals surface area contributed by atoms with E-state index in [1.54, 1.807) is 11.3 Å². The van der Waals surface area contributed by atoms with Crippen LogP contribution in [0.4, 0.5) is 0 Å². The van der Waals surface area contributed by atoms with Gasteiger partial charge < -0.3 is 4.98 Å². The summed E-state index contributed by atoms with van der Waals surface area (Å²) in [5, 5.41) is 3.52. The molecule has 0 bridgehead atoms. The molecule has 0 fully saturated rings. The Balaban J connectivity index is 2.69. The summed E-state index contributed by atoms with van der Waals surface area (Å²) in [5.74, 6) is 0. The van der Waals surface area contributed by atoms with Gasteiger partial charge in [0.1, 0.15) is 0 Å². The number of hydrogen-bond donors (Lipinski definition) is 1. The van der Waals surface area contributed by atoms with Crippen molar-refractivity contribution < 1.29 is 0 Å². The summed E-state index contributed by atoms with van der Waals surface area (Å²) in [6.45, 7) is 6.73. The van der Waals surface area contributed by atoms with Gasteiger partial charge in [-0.05, 0) is 22.4 Å². The zero-order chi connectivity index (χ0) is 8.77. The zero-order valence-corrected chi connectivity index (χ0v) is 8.46. The Morgan fingerprint density at radius 2 is 2.08 bits per heavy atom. The van der Waals surface area contributed by atoms with Gasteiger partial charge in [-0.15, -0.1) is 11.3 Å². The quantitative estimate of drug-likeness (QED) is 0.637. The van der Waals surface area contributed by atoms with Crippen LogP contribution in [-0.2, 0) is 5.41 Å². The maximum Gasteiger partial charge on any atom is 0.0999 e. The third kappa shape index (κ3) is 1.07. The SMILES string of the molecule is CC(C)(C)c1c[nH]c2sccc12. The third-order valence-corrected chi connectivity index (χ3v) is 2.96. The number of thiophene rings is 1. The Bertz CT molecular complexity index is 389. The van der Waals surface area contributed by atoms with E-state index in [0.717, 1.165) is 0 Å². The molecule has 0 saturated carbocycles. The summed E-state index contributed by atoms with van der Waals surface area (Å²) in [7, 11) is 0. The number of aromatic nitrogens is 1. The number of H-pyrrole nitrogens is 1. The Labute approximate surface area is 76.4 Å². The molecule has 1 N–H and O–H groups in total. The summed E-state index contributed by atoms with van der Waals surface area (Å²) in [5.41, 5.74) is 1.66. The fraction of sp³-hybridized carbons (Fsp3) is 0.400. The topological polar surface area (TPSA) is 15.8 Å². The van der Waals surface area contributed by atoms with Gasteiger partial charge in [0, 0.05) is 11.6 Å². The van der Waals surface area contributed by atoms with Crippen LogP contribution >= 0.6 is 11.3 Å². The van der Waals surface area contributed by atoms with Crippen molar-refractivity contribution in [1.29, 1.82) is 0 Å². The van der Waals surface area contributed by atoms with Crippen molar-refractivity contribution in [1.82, 2.24) is 4.98 Å². The molecule has 0 aliphatic rings. The zero-order valence-electron chi connectivity index (χ0n) is 7.64. The maximum absolute atomic E-state index is 3.29. The molecular weight excluding hydrogens is 166 g/mol. The summed E-state index contributed by atoms with van der Waals surface area (Å²) in [6, 6.07) is 2.19. The number of aromatic amines is 1. The standard InChI is InChI=1S/C10H13NS/c1-10(2,3)8-6-11-9-7(8)4-5-12-9/h4-6,11H,1-3H3. The van der Waals surface area contributed by atoms with Gasteiger partial charge >= 0.3 is 0 Å². The first-order valence-electron chi connectivity index (χ1n) is 4.14. The van der Waals surface area contributed by atoms with E-state index < -0.39 is 0 Å². The molecule has 12 heavy (non-hydrogen) atoms. The van der Waals surface area contributed by atoms with Crippen LogP contribution in [0.2, 0.25) is 0 Å². The molecule has 2 rings (SSSR count). The first-order chi connectivity index (χ1) is 5.59. The molecule has 0 saturated heterocycles. The molecule has 0 aliphatic carbocycles. The molecule has 0 unspecified atom stereocenters. The average Bonchev–Trinajstić information content (AvgIpc) is 2.37. The maximum atomic E-state index is 3.29. The first kappa shape index (κ1) is 7.87. The highest BCUT2D eigenvalue weighted by molar-refractivity contribution is 7.16. The highest BCUT2D eigenvalue weighted by atomic mass is 32.1. The highest BCUT2D eigenvalue weighted by Crippen LogP contribution is 2.32. The summed E-state index contributed by atoms with van der Waals surface area (Å²) >= 11 is 1.77. The number of fused-ring (bicyclic) bond motifs is 1. The van der Waals surface area contributed by atoms with Crippen molar-refractivity contribution in [3.8, 4) is 0 Å². The lowest BCUT2D eigenvalue weighted by Crippen LogP contribution is -2.09. The van der Waals surface area contributed by atoms with Crippen molar-refractivity contribution in [2.45, 2.75) is 26.2 Å². The third-order valence-electron chi connectivity index (χ3n) is 2.11. The van der Waals surface area contributed by atoms with Crippen LogP contribution in [0.5, 0.6) is 0 Å². The minimum absolute atomic E-state index is 0.249. The van der Waals surface area contributed by atoms with Gasteiger partial charge in [0.2, 0.25) is 0 Å². The summed E-state index contributed by atoms with van der Waals surface area (Å²) in [4.78, 5) is 4.58. The Kier molecular flexibility index (Phi) is 1.55. The molecule has 1 nitrogen and oxygen atoms in total. The number of nitrogens with one attached hydrogen (secondary N) is 1. The van der Waals surface area contributed by atoms with Crippen LogP contribution in [0.15, 0.2) is 17.6 Å². The lowest BCUT2D eigenvalue weighted by Gasteiger charge is -2.16. The van der Waals surface area contributed by atoms with Gasteiger partial charge in [-0.2, -0.15) is 0 Å². The molecule has 0 radical (unpaired) electrons. The van der Waals surface area contributed by atoms with Crippen LogP contribution in [-0.4, -0.2) is 4.98 Å². The largest absolute Gasteiger partial charge is 0.353 e. The number of hydrogen-bond acceptors (Lipinski definition) is 1. The van der Waals surface area contributed by atoms with E-state index in [1.165, 1.54) is 15.8 Å². The molecule has 0 amide bonds. The van der Waals surface area contributed by atoms with Crippen molar-refractivity contribution in [2.75, 3.05) is 0 Å². The lowest BCUT2D eigenvalue weighted by molar-refractivity contribution is 0.596. The Hall–Kier alpha value is -0.760. The van der Waals surface area contributed by atoms with E-state index in [2.05, 4.69) is 43.4 Å². The Morgan fingerprint density at radius 1 is 1.33 bits per heavy atom. The van der Waals surface area contributed by atoms with Gasteiger partial charge in [0.05, 0.1) is 4.83 Å². The van der Waals surface area contributed by atoms with Gasteiger partial charge in [0.15, 0.2) is 0 Å². The summed E-state index contributed by atoms with van der Waals surface area (Å²) in [6.07, 6.45) is 2.13. The van der Waals surface area contributed by atoms with E-state index in [0.29, 0.717) is 0 Å². The first-order valence-corrected chi connectivity index (χ1v) is 5.02. The van der Waals surface area contributed by atoms with Crippen molar-refractivity contribution in [3.63, 3.8) is 0 Å². The molecule has 2 heteroatoms. The average molecular weight is 179 g/mol. The summed E-state index contributed by atoms with van der Waals surface area (Å²) < 4.78 is 0. The molecule has 0 aliphatic heterocycles. The second kappa shape index (κ2) is 2.36. The van der Waals surface area contributed by atoms with Gasteiger partial charge in [-0.3, -0.25) is 0 Å². The molecule has 2 aromatic rings. The van der Waals surface area contributed by atoms with Crippen LogP contribution in [0, 0.1) is 0 Å². The van der Waals surface area contributed by atoms with Crippen LogP contribution in [0.25, 0.3) is 10.2 Å². The van der Waals surface area contributed by atoms with Crippen LogP contribution in [0.3, 0.4) is 0 Å². The molecule has 0 atom stereocenters. The highest BCUT2D eigenvalue weighted by Gasteiger charge is 2.18. The Morgan fingerprint density at radius 3 is 2.75 bits per heavy atom. The molecule has 0 aromatic carbocycles. The van der Waals surface area contributed by atoms with E-state index >= 15 is 0 Å². The van der Waals surface area contributed by atoms with Crippen LogP contribution in [0.1, 0.15) is 26.3 Å². The minimum Gasteiger partial charge on any atom is -0.353 e. The lowest BCUT2D eigenvalue weighted by atomic mass is 9.88. The van der Waals surface area contributed by atoms with Gasteiger partial charge in [-0.1, -0.05) is 20.8 Å². The van der Waals surface area contributed by atoms with Crippen molar-refractivity contribution in [2.24, 2.45) is 0 Å². The number of rotatable bonds is 0. The van der Waals surface area contributed by atoms with Gasteiger partial charge in [0.25, 0.3) is 0 Å². The minimum atomic E-state index is 0.249. The fourth-order valence-corrected chi connectivity index (χ4v) is 2.24. The normalized spacial score (nSPS) is 12.6. The van der Waals surface area contributed by atoms with E-state index in [9.17, 15) is 0 Å². The second-order valence-electron chi connectivity index (χ2n) is 4.12. The molecule has 0 spiro atoms.